The van der Waals surface area contributed by atoms with Crippen molar-refractivity contribution in [3.05, 3.63) is 35.6 Å². The molecule has 0 saturated carbocycles. The summed E-state index contributed by atoms with van der Waals surface area (Å²) in [5.74, 6) is -4.36. The molecule has 0 aliphatic carbocycles. The normalized spacial score (nSPS) is 18.3. The number of methoxy groups -OCH3 is 2. The predicted octanol–water partition coefficient (Wildman–Crippen LogP) is 2.06. The first-order valence-electron chi connectivity index (χ1n) is 10.1. The smallest absolute Gasteiger partial charge is 0.475 e. The Bertz CT molecular complexity index is 782. The summed E-state index contributed by atoms with van der Waals surface area (Å²) in [6.07, 6.45) is -3.13. The number of esters is 1. The van der Waals surface area contributed by atoms with Gasteiger partial charge < -0.3 is 25.2 Å². The number of carboxylic acid groups (broad SMARTS) is 1. The number of hydrogen-bond acceptors (Lipinski definition) is 6. The minimum absolute atomic E-state index is 0.120. The number of carbonyl (C=O) groups excluding carboxylic acids is 2. The van der Waals surface area contributed by atoms with Crippen LogP contribution in [0.2, 0.25) is 0 Å². The van der Waals surface area contributed by atoms with Gasteiger partial charge in [0.1, 0.15) is 11.9 Å². The van der Waals surface area contributed by atoms with E-state index in [-0.39, 0.29) is 30.3 Å². The van der Waals surface area contributed by atoms with Crippen molar-refractivity contribution in [3.8, 4) is 0 Å². The topological polar surface area (TPSA) is 114 Å². The predicted molar refractivity (Wildman–Crippen MR) is 109 cm³/mol. The third kappa shape index (κ3) is 9.34. The van der Waals surface area contributed by atoms with Crippen LogP contribution in [-0.4, -0.2) is 68.1 Å². The molecule has 3 unspecified atom stereocenters. The van der Waals surface area contributed by atoms with Gasteiger partial charge in [0, 0.05) is 19.6 Å². The highest BCUT2D eigenvalue weighted by atomic mass is 19.4. The van der Waals surface area contributed by atoms with Gasteiger partial charge in [-0.3, -0.25) is 4.79 Å². The standard InChI is InChI=1S/C19H27FN2O4.C2HF3O2/c1-12(17(25-2)15-5-4-10-21-15)18(23)22-16(19(24)26-3)11-13-6-8-14(20)9-7-13;3-2(4,5)1(6)7/h6-9,12,15-17,21H,4-5,10-11H2,1-3H3,(H,22,23);(H,6,7)/t12?,15-,16?,17?;/m0./s1. The summed E-state index contributed by atoms with van der Waals surface area (Å²) >= 11 is 0. The Morgan fingerprint density at radius 3 is 2.21 bits per heavy atom. The zero-order valence-corrected chi connectivity index (χ0v) is 18.4. The average molecular weight is 480 g/mol. The average Bonchev–Trinajstić information content (AvgIpc) is 3.28. The van der Waals surface area contributed by atoms with Crippen LogP contribution in [0.25, 0.3) is 0 Å². The molecule has 4 atom stereocenters. The maximum Gasteiger partial charge on any atom is 0.490 e. The molecule has 1 fully saturated rings. The van der Waals surface area contributed by atoms with Gasteiger partial charge in [0.15, 0.2) is 0 Å². The molecule has 2 rings (SSSR count). The number of rotatable bonds is 8. The molecule has 8 nitrogen and oxygen atoms in total. The summed E-state index contributed by atoms with van der Waals surface area (Å²) < 4.78 is 55.1. The van der Waals surface area contributed by atoms with E-state index in [1.54, 1.807) is 26.2 Å². The van der Waals surface area contributed by atoms with Crippen molar-refractivity contribution >= 4 is 17.8 Å². The molecule has 0 aromatic heterocycles. The zero-order chi connectivity index (χ0) is 25.2. The monoisotopic (exact) mass is 480 g/mol. The number of amides is 1. The first-order valence-corrected chi connectivity index (χ1v) is 10.1. The minimum atomic E-state index is -5.08. The third-order valence-corrected chi connectivity index (χ3v) is 5.07. The fraction of sp³-hybridized carbons (Fsp3) is 0.571. The fourth-order valence-electron chi connectivity index (χ4n) is 3.35. The number of carboxylic acids is 1. The van der Waals surface area contributed by atoms with E-state index in [9.17, 15) is 27.2 Å². The van der Waals surface area contributed by atoms with E-state index in [0.717, 1.165) is 24.9 Å². The van der Waals surface area contributed by atoms with Crippen LogP contribution in [0, 0.1) is 11.7 Å². The highest BCUT2D eigenvalue weighted by Crippen LogP contribution is 2.19. The van der Waals surface area contributed by atoms with Crippen molar-refractivity contribution in [2.75, 3.05) is 20.8 Å². The summed E-state index contributed by atoms with van der Waals surface area (Å²) in [6, 6.07) is 5.09. The van der Waals surface area contributed by atoms with Gasteiger partial charge in [-0.25, -0.2) is 14.0 Å². The summed E-state index contributed by atoms with van der Waals surface area (Å²) in [5.41, 5.74) is 0.732. The van der Waals surface area contributed by atoms with Gasteiger partial charge >= 0.3 is 18.1 Å². The Morgan fingerprint density at radius 1 is 1.21 bits per heavy atom. The third-order valence-electron chi connectivity index (χ3n) is 5.07. The molecule has 1 heterocycles. The SMILES string of the molecule is COC(=O)C(Cc1ccc(F)cc1)NC(=O)C(C)C(OC)[C@@H]1CCCN1.O=C(O)C(F)(F)F. The van der Waals surface area contributed by atoms with E-state index in [4.69, 9.17) is 19.4 Å². The molecule has 186 valence electrons. The van der Waals surface area contributed by atoms with Gasteiger partial charge in [0.05, 0.1) is 19.1 Å². The van der Waals surface area contributed by atoms with Crippen LogP contribution in [0.3, 0.4) is 0 Å². The van der Waals surface area contributed by atoms with Gasteiger partial charge in [0.2, 0.25) is 5.91 Å². The van der Waals surface area contributed by atoms with E-state index < -0.39 is 30.1 Å². The van der Waals surface area contributed by atoms with E-state index in [1.807, 2.05) is 0 Å². The zero-order valence-electron chi connectivity index (χ0n) is 18.4. The van der Waals surface area contributed by atoms with Crippen molar-refractivity contribution < 1.29 is 46.5 Å². The number of carbonyl (C=O) groups is 3. The van der Waals surface area contributed by atoms with Crippen LogP contribution in [0.4, 0.5) is 17.6 Å². The molecule has 0 radical (unpaired) electrons. The second kappa shape index (κ2) is 13.1. The Hall–Kier alpha value is -2.73. The summed E-state index contributed by atoms with van der Waals surface area (Å²) in [4.78, 5) is 33.7. The minimum Gasteiger partial charge on any atom is -0.475 e. The number of ether oxygens (including phenoxy) is 2. The number of nitrogens with one attached hydrogen (secondary N) is 2. The van der Waals surface area contributed by atoms with Gasteiger partial charge in [-0.1, -0.05) is 19.1 Å². The van der Waals surface area contributed by atoms with Gasteiger partial charge in [-0.15, -0.1) is 0 Å². The number of benzene rings is 1. The van der Waals surface area contributed by atoms with E-state index in [1.165, 1.54) is 19.2 Å². The van der Waals surface area contributed by atoms with Gasteiger partial charge in [0.25, 0.3) is 0 Å². The Balaban J connectivity index is 0.000000675. The Kier molecular flexibility index (Phi) is 11.2. The molecular weight excluding hydrogens is 452 g/mol. The first kappa shape index (κ1) is 28.3. The van der Waals surface area contributed by atoms with Crippen molar-refractivity contribution in [3.63, 3.8) is 0 Å². The number of aliphatic carboxylic acids is 1. The molecule has 3 N–H and O–H groups in total. The summed E-state index contributed by atoms with van der Waals surface area (Å²) in [5, 5.41) is 13.2. The lowest BCUT2D eigenvalue weighted by Gasteiger charge is -2.28. The summed E-state index contributed by atoms with van der Waals surface area (Å²) in [7, 11) is 2.86. The van der Waals surface area contributed by atoms with Crippen LogP contribution in [0.5, 0.6) is 0 Å². The lowest BCUT2D eigenvalue weighted by atomic mass is 9.95. The molecule has 33 heavy (non-hydrogen) atoms. The molecular formula is C21H28F4N2O6. The van der Waals surface area contributed by atoms with E-state index in [0.29, 0.717) is 0 Å². The quantitative estimate of drug-likeness (QED) is 0.386. The maximum absolute atomic E-state index is 13.1. The van der Waals surface area contributed by atoms with Gasteiger partial charge in [-0.05, 0) is 37.1 Å². The molecule has 0 bridgehead atoms. The lowest BCUT2D eigenvalue weighted by molar-refractivity contribution is -0.192. The summed E-state index contributed by atoms with van der Waals surface area (Å²) in [6.45, 7) is 2.70. The maximum atomic E-state index is 13.1. The molecule has 1 aliphatic heterocycles. The van der Waals surface area contributed by atoms with Crippen molar-refractivity contribution in [1.29, 1.82) is 0 Å². The van der Waals surface area contributed by atoms with Crippen molar-refractivity contribution in [2.24, 2.45) is 5.92 Å². The molecule has 12 heteroatoms. The second-order valence-electron chi connectivity index (χ2n) is 7.41. The van der Waals surface area contributed by atoms with Crippen LogP contribution >= 0.6 is 0 Å². The molecule has 1 aromatic rings. The number of halogens is 4. The van der Waals surface area contributed by atoms with E-state index >= 15 is 0 Å². The highest BCUT2D eigenvalue weighted by molar-refractivity contribution is 5.86. The first-order chi connectivity index (χ1) is 15.4. The van der Waals surface area contributed by atoms with Crippen molar-refractivity contribution in [1.82, 2.24) is 10.6 Å². The van der Waals surface area contributed by atoms with Crippen molar-refractivity contribution in [2.45, 2.75) is 50.6 Å². The molecule has 1 aliphatic rings. The van der Waals surface area contributed by atoms with Gasteiger partial charge in [-0.2, -0.15) is 13.2 Å². The number of alkyl halides is 3. The second-order valence-corrected chi connectivity index (χ2v) is 7.41. The Morgan fingerprint density at radius 2 is 1.79 bits per heavy atom. The molecule has 1 aromatic carbocycles. The molecule has 0 spiro atoms. The Labute approximate surface area is 188 Å². The molecule has 1 saturated heterocycles. The fourth-order valence-corrected chi connectivity index (χ4v) is 3.35. The largest absolute Gasteiger partial charge is 0.490 e. The van der Waals surface area contributed by atoms with Crippen LogP contribution in [0.15, 0.2) is 24.3 Å². The van der Waals surface area contributed by atoms with E-state index in [2.05, 4.69) is 10.6 Å². The molecule has 1 amide bonds. The lowest BCUT2D eigenvalue weighted by Crippen LogP contribution is -2.50. The highest BCUT2D eigenvalue weighted by Gasteiger charge is 2.38. The van der Waals surface area contributed by atoms with Crippen LogP contribution in [-0.2, 0) is 30.3 Å². The van der Waals surface area contributed by atoms with Crippen LogP contribution in [0.1, 0.15) is 25.3 Å². The number of hydrogen-bond donors (Lipinski definition) is 3. The van der Waals surface area contributed by atoms with Crippen LogP contribution < -0.4 is 10.6 Å².